The maximum atomic E-state index is 12.4. The van der Waals surface area contributed by atoms with Crippen molar-refractivity contribution in [2.45, 2.75) is 27.3 Å². The first-order chi connectivity index (χ1) is 10.9. The molecule has 0 unspecified atom stereocenters. The quantitative estimate of drug-likeness (QED) is 0.858. The van der Waals surface area contributed by atoms with Crippen LogP contribution in [0.15, 0.2) is 33.2 Å². The van der Waals surface area contributed by atoms with Crippen LogP contribution in [0.1, 0.15) is 23.6 Å². The van der Waals surface area contributed by atoms with E-state index in [1.54, 1.807) is 32.0 Å². The van der Waals surface area contributed by atoms with E-state index in [1.165, 1.54) is 0 Å². The molecule has 7 heteroatoms. The van der Waals surface area contributed by atoms with Gasteiger partial charge in [0.1, 0.15) is 11.6 Å². The fourth-order valence-corrected chi connectivity index (χ4v) is 2.28. The van der Waals surface area contributed by atoms with Gasteiger partial charge >= 0.3 is 0 Å². The number of aromatic nitrogens is 1. The first-order valence-electron chi connectivity index (χ1n) is 6.95. The Hall–Kier alpha value is -2.65. The minimum absolute atomic E-state index is 0.0161. The second kappa shape index (κ2) is 6.63. The first kappa shape index (κ1) is 16.7. The Kier molecular flexibility index (Phi) is 4.82. The van der Waals surface area contributed by atoms with Crippen LogP contribution in [0, 0.1) is 25.2 Å². The van der Waals surface area contributed by atoms with Crippen LogP contribution in [0.3, 0.4) is 0 Å². The summed E-state index contributed by atoms with van der Waals surface area (Å²) in [6.45, 7) is 5.33. The Morgan fingerprint density at radius 2 is 2.04 bits per heavy atom. The van der Waals surface area contributed by atoms with Gasteiger partial charge < -0.3 is 5.11 Å². The molecule has 1 N–H and O–H groups in total. The van der Waals surface area contributed by atoms with E-state index in [-0.39, 0.29) is 23.7 Å². The van der Waals surface area contributed by atoms with Crippen LogP contribution in [0.2, 0.25) is 5.02 Å². The number of aryl methyl sites for hydroxylation is 1. The van der Waals surface area contributed by atoms with Gasteiger partial charge in [-0.3, -0.25) is 9.36 Å². The molecule has 0 aliphatic carbocycles. The summed E-state index contributed by atoms with van der Waals surface area (Å²) in [6.07, 6.45) is 0. The molecule has 2 rings (SSSR count). The second-order valence-electron chi connectivity index (χ2n) is 4.97. The third-order valence-electron chi connectivity index (χ3n) is 3.51. The highest BCUT2D eigenvalue weighted by molar-refractivity contribution is 6.31. The van der Waals surface area contributed by atoms with Gasteiger partial charge in [0.25, 0.3) is 5.56 Å². The van der Waals surface area contributed by atoms with Crippen molar-refractivity contribution in [3.05, 3.63) is 50.3 Å². The van der Waals surface area contributed by atoms with Crippen LogP contribution in [0.4, 0.5) is 11.4 Å². The number of aromatic hydroxyl groups is 1. The average molecular weight is 331 g/mol. The zero-order valence-electron chi connectivity index (χ0n) is 13.0. The Morgan fingerprint density at radius 3 is 2.61 bits per heavy atom. The zero-order valence-corrected chi connectivity index (χ0v) is 13.7. The molecule has 0 amide bonds. The second-order valence-corrected chi connectivity index (χ2v) is 5.37. The van der Waals surface area contributed by atoms with Gasteiger partial charge in [-0.05, 0) is 38.5 Å². The van der Waals surface area contributed by atoms with Crippen molar-refractivity contribution < 1.29 is 5.11 Å². The highest BCUT2D eigenvalue weighted by Gasteiger charge is 2.18. The van der Waals surface area contributed by atoms with E-state index in [0.29, 0.717) is 16.3 Å². The van der Waals surface area contributed by atoms with E-state index in [2.05, 4.69) is 10.2 Å². The molecule has 1 aromatic carbocycles. The Balaban J connectivity index is 2.60. The fraction of sp³-hybridized carbons (Fsp3) is 0.250. The lowest BCUT2D eigenvalue weighted by atomic mass is 10.1. The van der Waals surface area contributed by atoms with Crippen LogP contribution in [-0.4, -0.2) is 9.67 Å². The molecule has 0 fully saturated rings. The van der Waals surface area contributed by atoms with Gasteiger partial charge in [-0.2, -0.15) is 10.4 Å². The van der Waals surface area contributed by atoms with Crippen LogP contribution >= 0.6 is 11.6 Å². The number of benzene rings is 1. The third-order valence-corrected chi connectivity index (χ3v) is 3.91. The number of halogens is 1. The van der Waals surface area contributed by atoms with Crippen molar-refractivity contribution >= 4 is 23.0 Å². The largest absolute Gasteiger partial charge is 0.493 e. The summed E-state index contributed by atoms with van der Waals surface area (Å²) in [5.41, 5.74) is 1.24. The SMILES string of the molecule is CCn1c(O)c(C#N)c(C)c(N=Nc2ccc(C)c(Cl)c2)c1=O. The standard InChI is InChI=1S/C16H15ClN4O2/c1-4-21-15(22)12(8-18)10(3)14(16(21)23)20-19-11-6-5-9(2)13(17)7-11/h5-7,22H,4H2,1-3H3. The van der Waals surface area contributed by atoms with Crippen LogP contribution in [0.5, 0.6) is 5.88 Å². The fourth-order valence-electron chi connectivity index (χ4n) is 2.10. The lowest BCUT2D eigenvalue weighted by Gasteiger charge is -2.10. The summed E-state index contributed by atoms with van der Waals surface area (Å²) in [5.74, 6) is -0.352. The molecule has 0 aliphatic heterocycles. The van der Waals surface area contributed by atoms with Gasteiger partial charge in [0.2, 0.25) is 5.88 Å². The van der Waals surface area contributed by atoms with E-state index < -0.39 is 5.56 Å². The predicted octanol–water partition coefficient (Wildman–Crippen LogP) is 4.13. The molecule has 0 atom stereocenters. The van der Waals surface area contributed by atoms with Crippen LogP contribution in [-0.2, 0) is 6.54 Å². The van der Waals surface area contributed by atoms with Crippen molar-refractivity contribution in [1.82, 2.24) is 4.57 Å². The molecular weight excluding hydrogens is 316 g/mol. The monoisotopic (exact) mass is 330 g/mol. The molecule has 0 bridgehead atoms. The smallest absolute Gasteiger partial charge is 0.281 e. The topological polar surface area (TPSA) is 90.7 Å². The Bertz CT molecular complexity index is 894. The number of pyridine rings is 1. The molecule has 0 saturated heterocycles. The van der Waals surface area contributed by atoms with E-state index in [1.807, 2.05) is 13.0 Å². The molecule has 118 valence electrons. The molecule has 0 saturated carbocycles. The Labute approximate surface area is 138 Å². The molecule has 6 nitrogen and oxygen atoms in total. The van der Waals surface area contributed by atoms with E-state index in [4.69, 9.17) is 11.6 Å². The van der Waals surface area contributed by atoms with E-state index in [0.717, 1.165) is 10.1 Å². The van der Waals surface area contributed by atoms with E-state index >= 15 is 0 Å². The maximum absolute atomic E-state index is 12.4. The number of azo groups is 1. The number of nitriles is 1. The number of hydrogen-bond acceptors (Lipinski definition) is 5. The molecule has 23 heavy (non-hydrogen) atoms. The minimum Gasteiger partial charge on any atom is -0.493 e. The normalized spacial score (nSPS) is 10.9. The molecular formula is C16H15ClN4O2. The van der Waals surface area contributed by atoms with Gasteiger partial charge in [0, 0.05) is 17.1 Å². The molecule has 1 aromatic heterocycles. The molecule has 2 aromatic rings. The average Bonchev–Trinajstić information content (AvgIpc) is 2.51. The van der Waals surface area contributed by atoms with Gasteiger partial charge in [-0.1, -0.05) is 17.7 Å². The van der Waals surface area contributed by atoms with Crippen molar-refractivity contribution in [2.75, 3.05) is 0 Å². The van der Waals surface area contributed by atoms with Crippen molar-refractivity contribution in [1.29, 1.82) is 5.26 Å². The summed E-state index contributed by atoms with van der Waals surface area (Å²) < 4.78 is 1.09. The summed E-state index contributed by atoms with van der Waals surface area (Å²) in [7, 11) is 0. The maximum Gasteiger partial charge on any atom is 0.281 e. The van der Waals surface area contributed by atoms with Gasteiger partial charge in [-0.15, -0.1) is 5.11 Å². The summed E-state index contributed by atoms with van der Waals surface area (Å²) in [5, 5.41) is 27.7. The van der Waals surface area contributed by atoms with Gasteiger partial charge in [-0.25, -0.2) is 0 Å². The lowest BCUT2D eigenvalue weighted by molar-refractivity contribution is 0.409. The third kappa shape index (κ3) is 3.10. The van der Waals surface area contributed by atoms with Crippen LogP contribution in [0.25, 0.3) is 0 Å². The van der Waals surface area contributed by atoms with Crippen molar-refractivity contribution in [3.63, 3.8) is 0 Å². The molecule has 0 aliphatic rings. The van der Waals surface area contributed by atoms with Crippen LogP contribution < -0.4 is 5.56 Å². The Morgan fingerprint density at radius 1 is 1.35 bits per heavy atom. The van der Waals surface area contributed by atoms with Crippen molar-refractivity contribution in [2.24, 2.45) is 10.2 Å². The first-order valence-corrected chi connectivity index (χ1v) is 7.32. The minimum atomic E-state index is -0.497. The zero-order chi connectivity index (χ0) is 17.1. The van der Waals surface area contributed by atoms with Gasteiger partial charge in [0.05, 0.1) is 5.69 Å². The molecule has 0 spiro atoms. The lowest BCUT2D eigenvalue weighted by Crippen LogP contribution is -2.20. The number of hydrogen-bond donors (Lipinski definition) is 1. The predicted molar refractivity (Wildman–Crippen MR) is 87.9 cm³/mol. The number of rotatable bonds is 3. The van der Waals surface area contributed by atoms with E-state index in [9.17, 15) is 15.2 Å². The molecule has 1 heterocycles. The highest BCUT2D eigenvalue weighted by atomic mass is 35.5. The van der Waals surface area contributed by atoms with Crippen molar-refractivity contribution in [3.8, 4) is 11.9 Å². The summed E-state index contributed by atoms with van der Waals surface area (Å²) >= 11 is 6.03. The number of nitrogens with zero attached hydrogens (tertiary/aromatic N) is 4. The molecule has 0 radical (unpaired) electrons. The van der Waals surface area contributed by atoms with Gasteiger partial charge in [0.15, 0.2) is 5.69 Å². The highest BCUT2D eigenvalue weighted by Crippen LogP contribution is 2.28. The summed E-state index contributed by atoms with van der Waals surface area (Å²) in [4.78, 5) is 12.4. The summed E-state index contributed by atoms with van der Waals surface area (Å²) in [6, 6.07) is 7.05.